The van der Waals surface area contributed by atoms with Crippen LogP contribution in [0.1, 0.15) is 117 Å². The van der Waals surface area contributed by atoms with Crippen LogP contribution in [0.5, 0.6) is 0 Å². The Kier molecular flexibility index (Phi) is 6.68. The fourth-order valence-corrected chi connectivity index (χ4v) is 12.3. The van der Waals surface area contributed by atoms with Gasteiger partial charge in [0, 0.05) is 11.0 Å². The van der Waals surface area contributed by atoms with Gasteiger partial charge in [-0.2, -0.15) is 5.26 Å². The zero-order chi connectivity index (χ0) is 29.6. The maximum absolute atomic E-state index is 14.2. The number of hydrogen-bond acceptors (Lipinski definition) is 2. The van der Waals surface area contributed by atoms with E-state index in [0.29, 0.717) is 40.7 Å². The van der Waals surface area contributed by atoms with Gasteiger partial charge in [0.25, 0.3) is 0 Å². The van der Waals surface area contributed by atoms with Crippen molar-refractivity contribution < 1.29 is 9.50 Å². The number of nitriles is 1. The predicted molar refractivity (Wildman–Crippen MR) is 163 cm³/mol. The molecule has 5 aliphatic rings. The zero-order valence-corrected chi connectivity index (χ0v) is 26.2. The molecule has 10 atom stereocenters. The molecule has 1 N–H and O–H groups in total. The lowest BCUT2D eigenvalue weighted by Crippen LogP contribution is -2.66. The van der Waals surface area contributed by atoms with Gasteiger partial charge in [-0.3, -0.25) is 0 Å². The molecule has 0 spiro atoms. The van der Waals surface area contributed by atoms with Crippen LogP contribution in [-0.2, 0) is 0 Å². The number of halogens is 1. The van der Waals surface area contributed by atoms with E-state index in [1.165, 1.54) is 49.8 Å². The number of aliphatic hydroxyl groups excluding tert-OH is 1. The van der Waals surface area contributed by atoms with Gasteiger partial charge in [-0.15, -0.1) is 0 Å². The van der Waals surface area contributed by atoms with Gasteiger partial charge in [0.1, 0.15) is 11.9 Å². The number of aliphatic hydroxyl groups is 1. The summed E-state index contributed by atoms with van der Waals surface area (Å²) in [4.78, 5) is 0. The third kappa shape index (κ3) is 3.90. The Morgan fingerprint density at radius 3 is 2.37 bits per heavy atom. The van der Waals surface area contributed by atoms with Crippen molar-refractivity contribution >= 4 is 0 Å². The van der Waals surface area contributed by atoms with Crippen LogP contribution < -0.4 is 0 Å². The molecule has 0 saturated heterocycles. The Morgan fingerprint density at radius 1 is 0.902 bits per heavy atom. The molecule has 41 heavy (non-hydrogen) atoms. The highest BCUT2D eigenvalue weighted by atomic mass is 19.1. The second-order valence-corrected chi connectivity index (χ2v) is 16.3. The molecule has 4 unspecified atom stereocenters. The van der Waals surface area contributed by atoms with Gasteiger partial charge in [0.15, 0.2) is 0 Å². The first kappa shape index (κ1) is 29.0. The first-order chi connectivity index (χ1) is 19.2. The van der Waals surface area contributed by atoms with Crippen LogP contribution in [0.15, 0.2) is 30.4 Å². The van der Waals surface area contributed by atoms with Crippen molar-refractivity contribution in [1.82, 2.24) is 0 Å². The van der Waals surface area contributed by atoms with E-state index in [1.807, 2.05) is 0 Å². The van der Waals surface area contributed by atoms with Gasteiger partial charge in [0.2, 0.25) is 0 Å². The van der Waals surface area contributed by atoms with Gasteiger partial charge < -0.3 is 5.11 Å². The van der Waals surface area contributed by atoms with Crippen LogP contribution in [0, 0.1) is 85.7 Å². The maximum atomic E-state index is 14.2. The van der Waals surface area contributed by atoms with Gasteiger partial charge >= 0.3 is 0 Å². The molecule has 5 aliphatic carbocycles. The van der Waals surface area contributed by atoms with E-state index in [-0.39, 0.29) is 39.0 Å². The highest BCUT2D eigenvalue weighted by Crippen LogP contribution is 2.77. The summed E-state index contributed by atoms with van der Waals surface area (Å²) in [6.45, 7) is 19.3. The molecule has 1 aromatic carbocycles. The van der Waals surface area contributed by atoms with Crippen molar-refractivity contribution in [3.8, 4) is 17.9 Å². The number of fused-ring (bicyclic) bond motifs is 7. The van der Waals surface area contributed by atoms with Gasteiger partial charge in [0.05, 0.1) is 11.7 Å². The molecule has 3 heteroatoms. The molecule has 5 saturated carbocycles. The molecular weight excluding hydrogens is 505 g/mol. The molecule has 0 bridgehead atoms. The lowest BCUT2D eigenvalue weighted by atomic mass is 9.32. The fourth-order valence-electron chi connectivity index (χ4n) is 12.3. The summed E-state index contributed by atoms with van der Waals surface area (Å²) in [7, 11) is 0. The van der Waals surface area contributed by atoms with Crippen molar-refractivity contribution in [2.45, 2.75) is 112 Å². The first-order valence-corrected chi connectivity index (χ1v) is 16.3. The van der Waals surface area contributed by atoms with Gasteiger partial charge in [-0.25, -0.2) is 4.39 Å². The zero-order valence-electron chi connectivity index (χ0n) is 26.2. The monoisotopic (exact) mass is 555 g/mol. The normalized spacial score (nSPS) is 46.0. The van der Waals surface area contributed by atoms with E-state index in [0.717, 1.165) is 32.1 Å². The Hall–Kier alpha value is -2.10. The van der Waals surface area contributed by atoms with Crippen molar-refractivity contribution in [3.05, 3.63) is 47.3 Å². The molecule has 220 valence electrons. The van der Waals surface area contributed by atoms with E-state index in [2.05, 4.69) is 66.0 Å². The number of hydrogen-bond donors (Lipinski definition) is 1. The van der Waals surface area contributed by atoms with E-state index < -0.39 is 0 Å². The molecule has 0 heterocycles. The largest absolute Gasteiger partial charge is 0.393 e. The van der Waals surface area contributed by atoms with E-state index in [4.69, 9.17) is 0 Å². The van der Waals surface area contributed by atoms with Crippen molar-refractivity contribution in [2.75, 3.05) is 0 Å². The lowest BCUT2D eigenvalue weighted by Gasteiger charge is -2.72. The fraction of sp³-hybridized carbons (Fsp3) is 0.711. The summed E-state index contributed by atoms with van der Waals surface area (Å²) in [5, 5.41) is 20.7. The van der Waals surface area contributed by atoms with Crippen molar-refractivity contribution in [3.63, 3.8) is 0 Å². The molecule has 0 aromatic heterocycles. The van der Waals surface area contributed by atoms with Crippen LogP contribution in [0.4, 0.5) is 4.39 Å². The van der Waals surface area contributed by atoms with E-state index in [9.17, 15) is 14.8 Å². The first-order valence-electron chi connectivity index (χ1n) is 16.3. The molecule has 6 rings (SSSR count). The molecule has 0 radical (unpaired) electrons. The summed E-state index contributed by atoms with van der Waals surface area (Å²) in [5.74, 6) is 9.55. The molecule has 0 aliphatic heterocycles. The standard InChI is InChI=1S/C38H50FNO/c1-24(2)28-13-19-38(18-12-25-22-27(39)9-8-26(25)23-40)21-20-36(6)29(33(28)38)10-11-31-35(5)16-15-32(41)34(3,4)30(35)14-17-37(31,36)7/h8-9,22,28-33,41H,1,10-11,13-17,19-21H2,2-7H3/t28-,29?,30?,31?,32-,33?,35-,36+,37+,38+/m0/s1. The van der Waals surface area contributed by atoms with E-state index in [1.54, 1.807) is 6.07 Å². The average molecular weight is 556 g/mol. The summed E-state index contributed by atoms with van der Waals surface area (Å²) < 4.78 is 14.2. The van der Waals surface area contributed by atoms with Gasteiger partial charge in [-0.1, -0.05) is 58.6 Å². The quantitative estimate of drug-likeness (QED) is 0.277. The molecule has 1 aromatic rings. The second-order valence-electron chi connectivity index (χ2n) is 16.3. The Balaban J connectivity index is 1.40. The van der Waals surface area contributed by atoms with Gasteiger partial charge in [-0.05, 0) is 141 Å². The second kappa shape index (κ2) is 9.45. The third-order valence-corrected chi connectivity index (χ3v) is 14.6. The van der Waals surface area contributed by atoms with Crippen LogP contribution >= 0.6 is 0 Å². The molecule has 5 fully saturated rings. The minimum atomic E-state index is -0.335. The van der Waals surface area contributed by atoms with Crippen LogP contribution in [0.3, 0.4) is 0 Å². The van der Waals surface area contributed by atoms with Crippen molar-refractivity contribution in [1.29, 1.82) is 5.26 Å². The molecule has 0 amide bonds. The number of rotatable bonds is 1. The van der Waals surface area contributed by atoms with Crippen molar-refractivity contribution in [2.24, 2.45) is 56.7 Å². The highest BCUT2D eigenvalue weighted by Gasteiger charge is 2.70. The number of nitrogens with zero attached hydrogens (tertiary/aromatic N) is 1. The summed E-state index contributed by atoms with van der Waals surface area (Å²) in [5.41, 5.74) is 2.90. The summed E-state index contributed by atoms with van der Waals surface area (Å²) in [6, 6.07) is 6.56. The minimum absolute atomic E-state index is 0.0287. The SMILES string of the molecule is C=C(C)[C@@H]1CC[C@]2(C#Cc3cc(F)ccc3C#N)CC[C@]3(C)C(CCC4[C@@]5(C)CC[C@H](O)C(C)(C)C5CC[C@]43C)C12. The number of benzene rings is 1. The van der Waals surface area contributed by atoms with Crippen LogP contribution in [0.2, 0.25) is 0 Å². The van der Waals surface area contributed by atoms with Crippen LogP contribution in [-0.4, -0.2) is 11.2 Å². The summed E-state index contributed by atoms with van der Waals surface area (Å²) >= 11 is 0. The topological polar surface area (TPSA) is 44.0 Å². The maximum Gasteiger partial charge on any atom is 0.124 e. The minimum Gasteiger partial charge on any atom is -0.393 e. The smallest absolute Gasteiger partial charge is 0.124 e. The average Bonchev–Trinajstić information content (AvgIpc) is 3.31. The van der Waals surface area contributed by atoms with E-state index >= 15 is 0 Å². The number of allylic oxidation sites excluding steroid dienone is 1. The molecular formula is C38H50FNO. The highest BCUT2D eigenvalue weighted by molar-refractivity contribution is 5.49. The Labute approximate surface area is 248 Å². The van der Waals surface area contributed by atoms with Crippen LogP contribution in [0.25, 0.3) is 0 Å². The molecule has 2 nitrogen and oxygen atoms in total. The Bertz CT molecular complexity index is 1360. The lowest BCUT2D eigenvalue weighted by molar-refractivity contribution is -0.244. The predicted octanol–water partition coefficient (Wildman–Crippen LogP) is 9.07. The third-order valence-electron chi connectivity index (χ3n) is 14.6. The Morgan fingerprint density at radius 2 is 1.66 bits per heavy atom. The summed E-state index contributed by atoms with van der Waals surface area (Å²) in [6.07, 6.45) is 11.3.